The summed E-state index contributed by atoms with van der Waals surface area (Å²) in [4.78, 5) is 45.0. The molecule has 4 heterocycles. The van der Waals surface area contributed by atoms with Crippen LogP contribution in [0.3, 0.4) is 0 Å². The van der Waals surface area contributed by atoms with Crippen molar-refractivity contribution in [3.63, 3.8) is 0 Å². The number of carbonyl (C=O) groups is 3. The lowest BCUT2D eigenvalue weighted by Gasteiger charge is -2.31. The zero-order valence-corrected chi connectivity index (χ0v) is 19.2. The molecular weight excluding hydrogens is 438 g/mol. The Kier molecular flexibility index (Phi) is 7.60. The van der Waals surface area contributed by atoms with E-state index in [2.05, 4.69) is 15.7 Å². The molecule has 184 valence electrons. The van der Waals surface area contributed by atoms with E-state index in [0.717, 1.165) is 44.3 Å². The maximum atomic E-state index is 12.9. The minimum Gasteiger partial charge on any atom is -0.480 e. The van der Waals surface area contributed by atoms with Gasteiger partial charge in [-0.15, -0.1) is 0 Å². The van der Waals surface area contributed by atoms with Gasteiger partial charge in [-0.25, -0.2) is 4.79 Å². The van der Waals surface area contributed by atoms with Crippen LogP contribution in [0, 0.1) is 11.3 Å². The Morgan fingerprint density at radius 3 is 2.53 bits per heavy atom. The van der Waals surface area contributed by atoms with E-state index in [-0.39, 0.29) is 36.5 Å². The first-order valence-electron chi connectivity index (χ1n) is 11.9. The third-order valence-corrected chi connectivity index (χ3v) is 7.26. The summed E-state index contributed by atoms with van der Waals surface area (Å²) in [5.41, 5.74) is 9.96. The van der Waals surface area contributed by atoms with Gasteiger partial charge in [-0.1, -0.05) is 24.3 Å². The molecule has 1 amide bonds. The number of rotatable bonds is 9. The van der Waals surface area contributed by atoms with Gasteiger partial charge < -0.3 is 16.2 Å². The highest BCUT2D eigenvalue weighted by atomic mass is 16.7. The van der Waals surface area contributed by atoms with E-state index in [1.807, 2.05) is 12.1 Å². The van der Waals surface area contributed by atoms with Gasteiger partial charge in [0.15, 0.2) is 5.78 Å². The minimum absolute atomic E-state index is 0.00754. The van der Waals surface area contributed by atoms with Crippen LogP contribution in [-0.2, 0) is 19.2 Å². The van der Waals surface area contributed by atoms with Gasteiger partial charge in [0.05, 0.1) is 24.6 Å². The van der Waals surface area contributed by atoms with Gasteiger partial charge in [0.25, 0.3) is 0 Å². The first kappa shape index (κ1) is 24.3. The number of hydrogen-bond donors (Lipinski definition) is 5. The van der Waals surface area contributed by atoms with E-state index in [4.69, 9.17) is 16.0 Å². The quantitative estimate of drug-likeness (QED) is 0.265. The number of nitrogen functional groups attached to an aromatic ring is 1. The number of carboxylic acids is 1. The number of benzene rings is 1. The summed E-state index contributed by atoms with van der Waals surface area (Å²) < 4.78 is 0. The first-order valence-corrected chi connectivity index (χ1v) is 11.9. The SMILES string of the molecule is N=C(N)c1ccc([C@@H]2C[C@H](CC(=O)NC(CC(=O)C3CCC4CCN3CC4)C(=O)O)ON2)cc1. The van der Waals surface area contributed by atoms with E-state index < -0.39 is 24.0 Å². The number of nitrogens with zero attached hydrogens (tertiary/aromatic N) is 1. The number of aliphatic carboxylic acids is 1. The van der Waals surface area contributed by atoms with Crippen LogP contribution in [0.25, 0.3) is 0 Å². The lowest BCUT2D eigenvalue weighted by Crippen LogP contribution is -2.48. The molecule has 0 spiro atoms. The van der Waals surface area contributed by atoms with Crippen LogP contribution < -0.4 is 16.5 Å². The Morgan fingerprint density at radius 1 is 1.18 bits per heavy atom. The Morgan fingerprint density at radius 2 is 1.88 bits per heavy atom. The molecule has 34 heavy (non-hydrogen) atoms. The fraction of sp³-hybridized carbons (Fsp3) is 0.583. The van der Waals surface area contributed by atoms with Crippen LogP contribution in [-0.4, -0.2) is 64.8 Å². The zero-order chi connectivity index (χ0) is 24.2. The maximum absolute atomic E-state index is 12.9. The van der Waals surface area contributed by atoms with Crippen LogP contribution in [0.5, 0.6) is 0 Å². The summed E-state index contributed by atoms with van der Waals surface area (Å²) >= 11 is 0. The zero-order valence-electron chi connectivity index (χ0n) is 19.2. The van der Waals surface area contributed by atoms with Crippen molar-refractivity contribution in [1.82, 2.24) is 15.7 Å². The smallest absolute Gasteiger partial charge is 0.326 e. The Labute approximate surface area is 198 Å². The molecule has 0 aromatic heterocycles. The molecule has 2 bridgehead atoms. The summed E-state index contributed by atoms with van der Waals surface area (Å²) in [6, 6.07) is 5.59. The number of hydroxylamine groups is 1. The van der Waals surface area contributed by atoms with Gasteiger partial charge in [0.2, 0.25) is 5.91 Å². The van der Waals surface area contributed by atoms with Crippen molar-refractivity contribution in [2.24, 2.45) is 11.7 Å². The molecule has 1 aromatic rings. The van der Waals surface area contributed by atoms with Crippen LogP contribution in [0.1, 0.15) is 62.1 Å². The van der Waals surface area contributed by atoms with Crippen LogP contribution in [0.2, 0.25) is 0 Å². The Bertz CT molecular complexity index is 928. The lowest BCUT2D eigenvalue weighted by molar-refractivity contribution is -0.144. The predicted molar refractivity (Wildman–Crippen MR) is 124 cm³/mol. The van der Waals surface area contributed by atoms with Crippen molar-refractivity contribution in [2.75, 3.05) is 13.1 Å². The summed E-state index contributed by atoms with van der Waals surface area (Å²) in [7, 11) is 0. The fourth-order valence-corrected chi connectivity index (χ4v) is 5.25. The van der Waals surface area contributed by atoms with E-state index in [1.165, 1.54) is 0 Å². The topological polar surface area (TPSA) is 158 Å². The van der Waals surface area contributed by atoms with Crippen LogP contribution in [0.15, 0.2) is 24.3 Å². The third-order valence-electron chi connectivity index (χ3n) is 7.26. The molecule has 6 N–H and O–H groups in total. The van der Waals surface area contributed by atoms with Crippen molar-refractivity contribution in [1.29, 1.82) is 5.41 Å². The van der Waals surface area contributed by atoms with Gasteiger partial charge in [-0.2, -0.15) is 5.48 Å². The average molecular weight is 472 g/mol. The van der Waals surface area contributed by atoms with Crippen molar-refractivity contribution in [3.05, 3.63) is 35.4 Å². The third kappa shape index (κ3) is 5.81. The molecule has 0 aliphatic carbocycles. The van der Waals surface area contributed by atoms with Gasteiger partial charge in [-0.05, 0) is 56.7 Å². The van der Waals surface area contributed by atoms with Crippen molar-refractivity contribution >= 4 is 23.5 Å². The second kappa shape index (κ2) is 10.6. The molecule has 1 aromatic carbocycles. The molecule has 4 saturated heterocycles. The largest absolute Gasteiger partial charge is 0.480 e. The molecule has 10 nitrogen and oxygen atoms in total. The van der Waals surface area contributed by atoms with Crippen molar-refractivity contribution in [3.8, 4) is 0 Å². The molecule has 4 aliphatic heterocycles. The molecule has 2 unspecified atom stereocenters. The fourth-order valence-electron chi connectivity index (χ4n) is 5.25. The van der Waals surface area contributed by atoms with Crippen molar-refractivity contribution < 1.29 is 24.3 Å². The highest BCUT2D eigenvalue weighted by molar-refractivity contribution is 5.95. The monoisotopic (exact) mass is 471 g/mol. The summed E-state index contributed by atoms with van der Waals surface area (Å²) in [5.74, 6) is -1.11. The number of nitrogens with two attached hydrogens (primary N) is 1. The predicted octanol–water partition coefficient (Wildman–Crippen LogP) is 1.10. The number of fused-ring (bicyclic) bond motifs is 4. The maximum Gasteiger partial charge on any atom is 0.326 e. The Balaban J connectivity index is 1.28. The van der Waals surface area contributed by atoms with E-state index >= 15 is 0 Å². The highest BCUT2D eigenvalue weighted by Gasteiger charge is 2.36. The summed E-state index contributed by atoms with van der Waals surface area (Å²) in [6.45, 7) is 1.77. The molecule has 4 atom stereocenters. The number of carbonyl (C=O) groups excluding carboxylic acids is 2. The standard InChI is InChI=1S/C24H33N5O5/c25-23(26)16-4-2-15(3-5-16)18-11-17(34-28-18)12-22(31)27-19(24(32)33)13-21(30)20-6-1-14-7-9-29(20)10-8-14/h2-5,14,17-20,28H,1,6-13H2,(H3,25,26)(H,27,31)(H,32,33)/t17-,18+,19?,20?/m1/s1. The van der Waals surface area contributed by atoms with Gasteiger partial charge in [0.1, 0.15) is 11.9 Å². The van der Waals surface area contributed by atoms with Gasteiger partial charge >= 0.3 is 5.97 Å². The molecule has 4 fully saturated rings. The summed E-state index contributed by atoms with van der Waals surface area (Å²) in [5, 5.41) is 19.6. The Hall–Kier alpha value is -2.82. The molecule has 0 radical (unpaired) electrons. The second-order valence-electron chi connectivity index (χ2n) is 9.59. The lowest BCUT2D eigenvalue weighted by atomic mass is 9.95. The van der Waals surface area contributed by atoms with E-state index in [1.54, 1.807) is 12.1 Å². The van der Waals surface area contributed by atoms with Crippen LogP contribution in [0.4, 0.5) is 0 Å². The number of ketones is 1. The molecule has 0 saturated carbocycles. The number of Topliss-reactive ketones (excluding diaryl/α,β-unsaturated/α-hetero) is 1. The number of piperidine rings is 1. The number of carboxylic acid groups (broad SMARTS) is 1. The highest BCUT2D eigenvalue weighted by Crippen LogP contribution is 2.31. The second-order valence-corrected chi connectivity index (χ2v) is 9.59. The normalized spacial score (nSPS) is 29.2. The van der Waals surface area contributed by atoms with E-state index in [0.29, 0.717) is 17.9 Å². The number of amidine groups is 1. The number of nitrogens with one attached hydrogen (secondary N) is 3. The average Bonchev–Trinajstić information content (AvgIpc) is 3.06. The molecular formula is C24H33N5O5. The molecule has 4 aliphatic rings. The van der Waals surface area contributed by atoms with Crippen LogP contribution >= 0.6 is 0 Å². The van der Waals surface area contributed by atoms with E-state index in [9.17, 15) is 19.5 Å². The minimum atomic E-state index is -1.24. The summed E-state index contributed by atoms with van der Waals surface area (Å²) in [6.07, 6.45) is 3.85. The van der Waals surface area contributed by atoms with Crippen molar-refractivity contribution in [2.45, 2.75) is 69.2 Å². The van der Waals surface area contributed by atoms with Gasteiger partial charge in [0, 0.05) is 12.0 Å². The number of hydrogen-bond acceptors (Lipinski definition) is 7. The first-order chi connectivity index (χ1) is 16.3. The molecule has 10 heteroatoms. The van der Waals surface area contributed by atoms with Gasteiger partial charge in [-0.3, -0.25) is 24.7 Å². The molecule has 5 rings (SSSR count). The number of amides is 1.